The molecule has 0 spiro atoms. The van der Waals surface area contributed by atoms with Crippen LogP contribution in [0.3, 0.4) is 0 Å². The molecule has 1 unspecified atom stereocenters. The molecule has 0 radical (unpaired) electrons. The number of unbranched alkanes of at least 4 members (excludes halogenated alkanes) is 6. The number of ether oxygens (including phenoxy) is 1. The van der Waals surface area contributed by atoms with Crippen molar-refractivity contribution in [3.8, 4) is 5.75 Å². The highest BCUT2D eigenvalue weighted by atomic mass is 79.9. The topological polar surface area (TPSA) is 9.23 Å². The first-order valence-corrected chi connectivity index (χ1v) is 9.96. The molecule has 0 aliphatic carbocycles. The molecule has 0 fully saturated rings. The maximum atomic E-state index is 5.73. The standard InChI is InChI=1S/C18H28Br2O/c1-3-5-6-7-8-9-10-11-17(20)16-14-15(19)12-13-18(16)21-4-2/h12-14,17H,3-11H2,1-2H3. The average molecular weight is 420 g/mol. The van der Waals surface area contributed by atoms with Gasteiger partial charge in [0, 0.05) is 14.9 Å². The first kappa shape index (κ1) is 19.0. The fraction of sp³-hybridized carbons (Fsp3) is 0.667. The van der Waals surface area contributed by atoms with Crippen molar-refractivity contribution < 1.29 is 4.74 Å². The lowest BCUT2D eigenvalue weighted by Crippen LogP contribution is -1.99. The van der Waals surface area contributed by atoms with Crippen LogP contribution in [0.25, 0.3) is 0 Å². The Balaban J connectivity index is 2.37. The first-order valence-electron chi connectivity index (χ1n) is 8.25. The highest BCUT2D eigenvalue weighted by Gasteiger charge is 2.13. The van der Waals surface area contributed by atoms with Crippen LogP contribution in [0.1, 0.15) is 75.6 Å². The van der Waals surface area contributed by atoms with E-state index >= 15 is 0 Å². The van der Waals surface area contributed by atoms with E-state index in [0.717, 1.165) is 10.2 Å². The lowest BCUT2D eigenvalue weighted by atomic mass is 10.0. The van der Waals surface area contributed by atoms with Gasteiger partial charge in [0.1, 0.15) is 5.75 Å². The van der Waals surface area contributed by atoms with E-state index in [1.165, 1.54) is 56.9 Å². The van der Waals surface area contributed by atoms with Gasteiger partial charge in [-0.2, -0.15) is 0 Å². The maximum Gasteiger partial charge on any atom is 0.123 e. The predicted molar refractivity (Wildman–Crippen MR) is 99.6 cm³/mol. The Bertz CT molecular complexity index is 393. The molecule has 0 saturated carbocycles. The smallest absolute Gasteiger partial charge is 0.123 e. The zero-order valence-corrected chi connectivity index (χ0v) is 16.5. The third-order valence-electron chi connectivity index (χ3n) is 3.67. The Morgan fingerprint density at radius 3 is 2.33 bits per heavy atom. The van der Waals surface area contributed by atoms with Crippen LogP contribution in [-0.4, -0.2) is 6.61 Å². The van der Waals surface area contributed by atoms with Crippen LogP contribution in [0.5, 0.6) is 5.75 Å². The SMILES string of the molecule is CCCCCCCCCC(Br)c1cc(Br)ccc1OCC. The summed E-state index contributed by atoms with van der Waals surface area (Å²) in [5, 5.41) is 0. The number of rotatable bonds is 11. The van der Waals surface area contributed by atoms with Crippen LogP contribution in [0.2, 0.25) is 0 Å². The van der Waals surface area contributed by atoms with E-state index in [2.05, 4.69) is 50.9 Å². The molecule has 0 saturated heterocycles. The molecule has 0 N–H and O–H groups in total. The number of hydrogen-bond acceptors (Lipinski definition) is 1. The van der Waals surface area contributed by atoms with Crippen molar-refractivity contribution in [3.05, 3.63) is 28.2 Å². The number of alkyl halides is 1. The van der Waals surface area contributed by atoms with Crippen molar-refractivity contribution in [1.29, 1.82) is 0 Å². The van der Waals surface area contributed by atoms with Gasteiger partial charge in [0.05, 0.1) is 6.61 Å². The van der Waals surface area contributed by atoms with Crippen LogP contribution in [0, 0.1) is 0 Å². The van der Waals surface area contributed by atoms with Crippen molar-refractivity contribution in [2.24, 2.45) is 0 Å². The van der Waals surface area contributed by atoms with Gasteiger partial charge in [-0.3, -0.25) is 0 Å². The molecule has 1 aromatic carbocycles. The predicted octanol–water partition coefficient (Wildman–Crippen LogP) is 7.42. The van der Waals surface area contributed by atoms with Crippen molar-refractivity contribution in [3.63, 3.8) is 0 Å². The lowest BCUT2D eigenvalue weighted by Gasteiger charge is -2.15. The van der Waals surface area contributed by atoms with Crippen molar-refractivity contribution in [1.82, 2.24) is 0 Å². The molecule has 3 heteroatoms. The Kier molecular flexibility index (Phi) is 10.5. The van der Waals surface area contributed by atoms with E-state index in [1.54, 1.807) is 0 Å². The summed E-state index contributed by atoms with van der Waals surface area (Å²) < 4.78 is 6.85. The van der Waals surface area contributed by atoms with E-state index in [-0.39, 0.29) is 0 Å². The number of hydrogen-bond donors (Lipinski definition) is 0. The van der Waals surface area contributed by atoms with Gasteiger partial charge in [-0.1, -0.05) is 83.7 Å². The fourth-order valence-corrected chi connectivity index (χ4v) is 3.55. The molecule has 0 aromatic heterocycles. The zero-order chi connectivity index (χ0) is 15.5. The van der Waals surface area contributed by atoms with Gasteiger partial charge in [-0.25, -0.2) is 0 Å². The Labute approximate surface area is 147 Å². The van der Waals surface area contributed by atoms with E-state index in [0.29, 0.717) is 11.4 Å². The summed E-state index contributed by atoms with van der Waals surface area (Å²) in [6.45, 7) is 5.01. The van der Waals surface area contributed by atoms with Gasteiger partial charge >= 0.3 is 0 Å². The molecule has 0 aliphatic rings. The largest absolute Gasteiger partial charge is 0.494 e. The summed E-state index contributed by atoms with van der Waals surface area (Å²) in [6.07, 6.45) is 10.7. The molecule has 0 aliphatic heterocycles. The molecule has 0 heterocycles. The molecule has 1 aromatic rings. The van der Waals surface area contributed by atoms with E-state index < -0.39 is 0 Å². The molecule has 1 rings (SSSR count). The Morgan fingerprint density at radius 2 is 1.67 bits per heavy atom. The molecule has 1 atom stereocenters. The first-order chi connectivity index (χ1) is 10.2. The highest BCUT2D eigenvalue weighted by molar-refractivity contribution is 9.10. The molecular formula is C18H28Br2O. The quantitative estimate of drug-likeness (QED) is 0.267. The summed E-state index contributed by atoms with van der Waals surface area (Å²) in [5.74, 6) is 1.01. The lowest BCUT2D eigenvalue weighted by molar-refractivity contribution is 0.336. The monoisotopic (exact) mass is 418 g/mol. The van der Waals surface area contributed by atoms with Gasteiger partial charge in [-0.15, -0.1) is 0 Å². The van der Waals surface area contributed by atoms with Crippen LogP contribution in [-0.2, 0) is 0 Å². The summed E-state index contributed by atoms with van der Waals surface area (Å²) >= 11 is 7.39. The third kappa shape index (κ3) is 7.69. The summed E-state index contributed by atoms with van der Waals surface area (Å²) in [6, 6.07) is 6.27. The van der Waals surface area contributed by atoms with Crippen LogP contribution in [0.4, 0.5) is 0 Å². The second kappa shape index (κ2) is 11.5. The average Bonchev–Trinajstić information content (AvgIpc) is 2.48. The number of halogens is 2. The van der Waals surface area contributed by atoms with Crippen LogP contribution in [0.15, 0.2) is 22.7 Å². The van der Waals surface area contributed by atoms with Crippen molar-refractivity contribution in [2.45, 2.75) is 70.0 Å². The molecule has 1 nitrogen and oxygen atoms in total. The van der Waals surface area contributed by atoms with Gasteiger partial charge in [-0.05, 0) is 31.5 Å². The van der Waals surface area contributed by atoms with Crippen molar-refractivity contribution >= 4 is 31.9 Å². The van der Waals surface area contributed by atoms with Gasteiger partial charge < -0.3 is 4.74 Å². The minimum absolute atomic E-state index is 0.382. The Morgan fingerprint density at radius 1 is 1.00 bits per heavy atom. The highest BCUT2D eigenvalue weighted by Crippen LogP contribution is 2.37. The second-order valence-electron chi connectivity index (χ2n) is 5.49. The van der Waals surface area contributed by atoms with Gasteiger partial charge in [0.25, 0.3) is 0 Å². The van der Waals surface area contributed by atoms with Crippen LogP contribution >= 0.6 is 31.9 Å². The minimum atomic E-state index is 0.382. The Hall–Kier alpha value is -0.0200. The maximum absolute atomic E-state index is 5.73. The molecule has 21 heavy (non-hydrogen) atoms. The summed E-state index contributed by atoms with van der Waals surface area (Å²) in [5.41, 5.74) is 1.26. The van der Waals surface area contributed by atoms with E-state index in [4.69, 9.17) is 4.74 Å². The summed E-state index contributed by atoms with van der Waals surface area (Å²) in [4.78, 5) is 0.382. The number of benzene rings is 1. The third-order valence-corrected chi connectivity index (χ3v) is 5.11. The molecular weight excluding hydrogens is 392 g/mol. The van der Waals surface area contributed by atoms with Gasteiger partial charge in [0.2, 0.25) is 0 Å². The summed E-state index contributed by atoms with van der Waals surface area (Å²) in [7, 11) is 0. The van der Waals surface area contributed by atoms with Crippen molar-refractivity contribution in [2.75, 3.05) is 6.61 Å². The minimum Gasteiger partial charge on any atom is -0.494 e. The van der Waals surface area contributed by atoms with Crippen LogP contribution < -0.4 is 4.74 Å². The second-order valence-corrected chi connectivity index (χ2v) is 7.51. The molecule has 0 amide bonds. The van der Waals surface area contributed by atoms with E-state index in [9.17, 15) is 0 Å². The zero-order valence-electron chi connectivity index (χ0n) is 13.3. The molecule has 0 bridgehead atoms. The van der Waals surface area contributed by atoms with Gasteiger partial charge in [0.15, 0.2) is 0 Å². The van der Waals surface area contributed by atoms with E-state index in [1.807, 2.05) is 13.0 Å². The fourth-order valence-electron chi connectivity index (χ4n) is 2.49. The molecule has 120 valence electrons. The normalized spacial score (nSPS) is 12.4.